The molecule has 2 aromatic rings. The number of amides is 1. The van der Waals surface area contributed by atoms with Crippen molar-refractivity contribution in [3.8, 4) is 11.5 Å². The standard InChI is InChI=1S/C25H26BrNO5S2/c1-25(2,3)17-7-5-15(6-8-17)14-32-22-18(26)11-16(12-19(22)31-4)13-20-23(30)27(24(33)34-20)10-9-21(28)29/h5-8,11-13H,9-10,14H2,1-4H3,(H,28,29)/b20-13+. The molecule has 1 saturated heterocycles. The average Bonchev–Trinajstić information content (AvgIpc) is 3.03. The fourth-order valence-corrected chi connectivity index (χ4v) is 5.15. The number of carbonyl (C=O) groups is 2. The molecule has 0 atom stereocenters. The number of aliphatic carboxylic acids is 1. The molecule has 0 saturated carbocycles. The predicted octanol–water partition coefficient (Wildman–Crippen LogP) is 6.01. The maximum atomic E-state index is 12.7. The van der Waals surface area contributed by atoms with Gasteiger partial charge in [0.2, 0.25) is 0 Å². The smallest absolute Gasteiger partial charge is 0.305 e. The van der Waals surface area contributed by atoms with Gasteiger partial charge in [0.15, 0.2) is 11.5 Å². The molecular formula is C25H26BrNO5S2. The Kier molecular flexibility index (Phi) is 8.43. The van der Waals surface area contributed by atoms with Crippen LogP contribution in [0.4, 0.5) is 0 Å². The summed E-state index contributed by atoms with van der Waals surface area (Å²) in [4.78, 5) is 25.3. The predicted molar refractivity (Wildman–Crippen MR) is 142 cm³/mol. The van der Waals surface area contributed by atoms with Gasteiger partial charge in [0.1, 0.15) is 10.9 Å². The number of carboxylic acid groups (broad SMARTS) is 1. The zero-order chi connectivity index (χ0) is 25.0. The fourth-order valence-electron chi connectivity index (χ4n) is 3.27. The van der Waals surface area contributed by atoms with E-state index in [2.05, 4.69) is 61.0 Å². The molecule has 9 heteroatoms. The molecule has 6 nitrogen and oxygen atoms in total. The third kappa shape index (κ3) is 6.40. The molecule has 1 heterocycles. The van der Waals surface area contributed by atoms with Crippen molar-refractivity contribution in [1.82, 2.24) is 4.90 Å². The van der Waals surface area contributed by atoms with Gasteiger partial charge in [0.05, 0.1) is 22.9 Å². The molecule has 0 bridgehead atoms. The maximum absolute atomic E-state index is 12.7. The Morgan fingerprint density at radius 1 is 1.24 bits per heavy atom. The molecule has 0 unspecified atom stereocenters. The van der Waals surface area contributed by atoms with Gasteiger partial charge < -0.3 is 14.6 Å². The van der Waals surface area contributed by atoms with Crippen LogP contribution in [-0.2, 0) is 21.6 Å². The summed E-state index contributed by atoms with van der Waals surface area (Å²) in [5.74, 6) is -0.195. The Bertz CT molecular complexity index is 1140. The van der Waals surface area contributed by atoms with Crippen LogP contribution in [0, 0.1) is 0 Å². The average molecular weight is 565 g/mol. The highest BCUT2D eigenvalue weighted by atomic mass is 79.9. The third-order valence-corrected chi connectivity index (χ3v) is 7.14. The molecule has 34 heavy (non-hydrogen) atoms. The molecular weight excluding hydrogens is 538 g/mol. The number of benzene rings is 2. The topological polar surface area (TPSA) is 76.1 Å². The summed E-state index contributed by atoms with van der Waals surface area (Å²) in [6.45, 7) is 6.96. The molecule has 0 aliphatic carbocycles. The van der Waals surface area contributed by atoms with Gasteiger partial charge in [0.25, 0.3) is 5.91 Å². The van der Waals surface area contributed by atoms with E-state index in [0.717, 1.165) is 22.9 Å². The third-order valence-electron chi connectivity index (χ3n) is 5.18. The van der Waals surface area contributed by atoms with E-state index >= 15 is 0 Å². The van der Waals surface area contributed by atoms with Crippen molar-refractivity contribution >= 4 is 62.2 Å². The Hall–Kier alpha value is -2.36. The van der Waals surface area contributed by atoms with Gasteiger partial charge in [-0.15, -0.1) is 0 Å². The highest BCUT2D eigenvalue weighted by Crippen LogP contribution is 2.39. The number of carbonyl (C=O) groups excluding carboxylic acids is 1. The number of hydrogen-bond donors (Lipinski definition) is 1. The second-order valence-electron chi connectivity index (χ2n) is 8.75. The van der Waals surface area contributed by atoms with E-state index in [9.17, 15) is 9.59 Å². The fraction of sp³-hybridized carbons (Fsp3) is 0.320. The normalized spacial score (nSPS) is 15.2. The molecule has 0 radical (unpaired) electrons. The molecule has 1 amide bonds. The first-order chi connectivity index (χ1) is 16.0. The lowest BCUT2D eigenvalue weighted by Gasteiger charge is -2.19. The van der Waals surface area contributed by atoms with Crippen LogP contribution in [0.3, 0.4) is 0 Å². The lowest BCUT2D eigenvalue weighted by Crippen LogP contribution is -2.30. The monoisotopic (exact) mass is 563 g/mol. The van der Waals surface area contributed by atoms with Crippen molar-refractivity contribution in [2.45, 2.75) is 39.2 Å². The Balaban J connectivity index is 1.76. The van der Waals surface area contributed by atoms with Crippen molar-refractivity contribution in [3.05, 3.63) is 62.5 Å². The molecule has 180 valence electrons. The second-order valence-corrected chi connectivity index (χ2v) is 11.3. The van der Waals surface area contributed by atoms with Gasteiger partial charge in [-0.2, -0.15) is 0 Å². The van der Waals surface area contributed by atoms with Crippen molar-refractivity contribution in [2.75, 3.05) is 13.7 Å². The first-order valence-corrected chi connectivity index (χ1v) is 12.6. The van der Waals surface area contributed by atoms with Crippen molar-refractivity contribution in [1.29, 1.82) is 0 Å². The van der Waals surface area contributed by atoms with Crippen LogP contribution >= 0.6 is 39.9 Å². The summed E-state index contributed by atoms with van der Waals surface area (Å²) < 4.78 is 12.6. The number of hydrogen-bond acceptors (Lipinski definition) is 6. The summed E-state index contributed by atoms with van der Waals surface area (Å²) in [5, 5.41) is 8.89. The number of ether oxygens (including phenoxy) is 2. The van der Waals surface area contributed by atoms with Gasteiger partial charge in [0, 0.05) is 6.54 Å². The van der Waals surface area contributed by atoms with Crippen LogP contribution in [0.5, 0.6) is 11.5 Å². The van der Waals surface area contributed by atoms with Gasteiger partial charge in [-0.25, -0.2) is 0 Å². The minimum absolute atomic E-state index is 0.0495. The van der Waals surface area contributed by atoms with E-state index in [-0.39, 0.29) is 24.3 Å². The SMILES string of the molecule is COc1cc(/C=C2/SC(=S)N(CCC(=O)O)C2=O)cc(Br)c1OCc1ccc(C(C)(C)C)cc1. The summed E-state index contributed by atoms with van der Waals surface area (Å²) in [6, 6.07) is 12.0. The van der Waals surface area contributed by atoms with Gasteiger partial charge in [-0.3, -0.25) is 14.5 Å². The summed E-state index contributed by atoms with van der Waals surface area (Å²) in [6.07, 6.45) is 1.55. The van der Waals surface area contributed by atoms with Crippen LogP contribution in [-0.4, -0.2) is 39.9 Å². The largest absolute Gasteiger partial charge is 0.493 e. The highest BCUT2D eigenvalue weighted by molar-refractivity contribution is 9.10. The molecule has 2 aromatic carbocycles. The number of thiocarbonyl (C=S) groups is 1. The van der Waals surface area contributed by atoms with Crippen molar-refractivity contribution < 1.29 is 24.2 Å². The quantitative estimate of drug-likeness (QED) is 0.311. The minimum Gasteiger partial charge on any atom is -0.493 e. The van der Waals surface area contributed by atoms with Crippen LogP contribution in [0.1, 0.15) is 43.9 Å². The first kappa shape index (κ1) is 26.2. The number of nitrogens with zero attached hydrogens (tertiary/aromatic N) is 1. The number of halogens is 1. The van der Waals surface area contributed by atoms with Crippen LogP contribution in [0.2, 0.25) is 0 Å². The molecule has 1 aliphatic rings. The Morgan fingerprint density at radius 2 is 1.91 bits per heavy atom. The van der Waals surface area contributed by atoms with Crippen LogP contribution in [0.15, 0.2) is 45.8 Å². The summed E-state index contributed by atoms with van der Waals surface area (Å²) in [5.41, 5.74) is 3.11. The molecule has 3 rings (SSSR count). The van der Waals surface area contributed by atoms with Gasteiger partial charge in [-0.05, 0) is 56.2 Å². The zero-order valence-electron chi connectivity index (χ0n) is 19.4. The molecule has 1 aliphatic heterocycles. The Morgan fingerprint density at radius 3 is 2.50 bits per heavy atom. The van der Waals surface area contributed by atoms with E-state index in [1.54, 1.807) is 19.3 Å². The van der Waals surface area contributed by atoms with Crippen molar-refractivity contribution in [3.63, 3.8) is 0 Å². The lowest BCUT2D eigenvalue weighted by molar-refractivity contribution is -0.137. The van der Waals surface area contributed by atoms with E-state index in [1.807, 2.05) is 6.07 Å². The molecule has 1 fully saturated rings. The van der Waals surface area contributed by atoms with E-state index in [4.69, 9.17) is 26.8 Å². The number of thioether (sulfide) groups is 1. The maximum Gasteiger partial charge on any atom is 0.305 e. The van der Waals surface area contributed by atoms with Crippen LogP contribution in [0.25, 0.3) is 6.08 Å². The molecule has 1 N–H and O–H groups in total. The Labute approximate surface area is 217 Å². The van der Waals surface area contributed by atoms with Gasteiger partial charge >= 0.3 is 5.97 Å². The van der Waals surface area contributed by atoms with E-state index in [1.165, 1.54) is 10.5 Å². The van der Waals surface area contributed by atoms with Crippen LogP contribution < -0.4 is 9.47 Å². The number of carboxylic acids is 1. The first-order valence-electron chi connectivity index (χ1n) is 10.6. The van der Waals surface area contributed by atoms with E-state index in [0.29, 0.717) is 31.8 Å². The number of methoxy groups -OCH3 is 1. The van der Waals surface area contributed by atoms with Crippen molar-refractivity contribution in [2.24, 2.45) is 0 Å². The van der Waals surface area contributed by atoms with E-state index < -0.39 is 5.97 Å². The second kappa shape index (κ2) is 10.9. The zero-order valence-corrected chi connectivity index (χ0v) is 22.6. The summed E-state index contributed by atoms with van der Waals surface area (Å²) >= 11 is 9.95. The van der Waals surface area contributed by atoms with Gasteiger partial charge in [-0.1, -0.05) is 69.0 Å². The number of rotatable bonds is 8. The molecule has 0 aromatic heterocycles. The summed E-state index contributed by atoms with van der Waals surface area (Å²) in [7, 11) is 1.56. The molecule has 0 spiro atoms. The minimum atomic E-state index is -0.979. The highest BCUT2D eigenvalue weighted by Gasteiger charge is 2.32. The lowest BCUT2D eigenvalue weighted by atomic mass is 9.87.